The van der Waals surface area contributed by atoms with Gasteiger partial charge in [-0.15, -0.1) is 0 Å². The van der Waals surface area contributed by atoms with Crippen LogP contribution in [0, 0.1) is 5.92 Å². The number of hydrogen-bond acceptors (Lipinski definition) is 3. The third kappa shape index (κ3) is 3.67. The minimum absolute atomic E-state index is 0.726. The summed E-state index contributed by atoms with van der Waals surface area (Å²) in [5.74, 6) is 0.888. The van der Waals surface area contributed by atoms with Gasteiger partial charge in [0.1, 0.15) is 6.61 Å². The lowest BCUT2D eigenvalue weighted by Crippen LogP contribution is -1.90. The predicted octanol–water partition coefficient (Wildman–Crippen LogP) is 3.90. The lowest BCUT2D eigenvalue weighted by Gasteiger charge is -2.02. The van der Waals surface area contributed by atoms with Crippen molar-refractivity contribution in [2.24, 2.45) is 11.1 Å². The van der Waals surface area contributed by atoms with Crippen LogP contribution < -0.4 is 0 Å². The average molecular weight is 266 g/mol. The highest BCUT2D eigenvalue weighted by molar-refractivity contribution is 5.82. The monoisotopic (exact) mass is 266 g/mol. The van der Waals surface area contributed by atoms with Crippen molar-refractivity contribution in [3.8, 4) is 11.1 Å². The Kier molecular flexibility index (Phi) is 4.07. The first kappa shape index (κ1) is 12.9. The molecule has 0 unspecified atom stereocenters. The van der Waals surface area contributed by atoms with Crippen LogP contribution >= 0.6 is 0 Å². The van der Waals surface area contributed by atoms with Crippen molar-refractivity contribution in [2.45, 2.75) is 19.3 Å². The maximum absolute atomic E-state index is 5.29. The number of nitrogens with zero attached hydrogens (tertiary/aromatic N) is 2. The van der Waals surface area contributed by atoms with Crippen LogP contribution in [0.15, 0.2) is 53.9 Å². The molecule has 0 amide bonds. The molecule has 0 aliphatic heterocycles. The fraction of sp³-hybridized carbons (Fsp3) is 0.294. The lowest BCUT2D eigenvalue weighted by molar-refractivity contribution is 0.139. The van der Waals surface area contributed by atoms with Crippen molar-refractivity contribution in [1.82, 2.24) is 4.98 Å². The van der Waals surface area contributed by atoms with Crippen LogP contribution in [0.2, 0.25) is 0 Å². The van der Waals surface area contributed by atoms with Crippen LogP contribution in [0.4, 0.5) is 0 Å². The van der Waals surface area contributed by atoms with Gasteiger partial charge in [0.2, 0.25) is 0 Å². The van der Waals surface area contributed by atoms with Gasteiger partial charge in [-0.05, 0) is 35.6 Å². The van der Waals surface area contributed by atoms with Gasteiger partial charge in [0.15, 0.2) is 0 Å². The molecule has 1 fully saturated rings. The highest BCUT2D eigenvalue weighted by atomic mass is 16.6. The molecule has 1 aliphatic carbocycles. The summed E-state index contributed by atoms with van der Waals surface area (Å²) in [5, 5.41) is 4.04. The number of oxime groups is 1. The van der Waals surface area contributed by atoms with Crippen LogP contribution in [0.3, 0.4) is 0 Å². The Morgan fingerprint density at radius 1 is 1.20 bits per heavy atom. The molecule has 3 rings (SSSR count). The predicted molar refractivity (Wildman–Crippen MR) is 80.6 cm³/mol. The molecule has 1 aliphatic rings. The Morgan fingerprint density at radius 2 is 2.10 bits per heavy atom. The molecular formula is C17H18N2O. The summed E-state index contributed by atoms with van der Waals surface area (Å²) in [6.45, 7) is 0.726. The molecule has 0 saturated heterocycles. The smallest absolute Gasteiger partial charge is 0.117 e. The van der Waals surface area contributed by atoms with Crippen LogP contribution in [0.25, 0.3) is 11.1 Å². The summed E-state index contributed by atoms with van der Waals surface area (Å²) >= 11 is 0. The van der Waals surface area contributed by atoms with Gasteiger partial charge in [0.05, 0.1) is 6.21 Å². The minimum Gasteiger partial charge on any atom is -0.396 e. The van der Waals surface area contributed by atoms with Gasteiger partial charge >= 0.3 is 0 Å². The lowest BCUT2D eigenvalue weighted by atomic mass is 10.1. The van der Waals surface area contributed by atoms with Gasteiger partial charge < -0.3 is 4.84 Å². The molecule has 0 radical (unpaired) electrons. The number of rotatable bonds is 6. The third-order valence-corrected chi connectivity index (χ3v) is 3.47. The Balaban J connectivity index is 1.60. The zero-order valence-corrected chi connectivity index (χ0v) is 11.4. The van der Waals surface area contributed by atoms with Crippen molar-refractivity contribution in [2.75, 3.05) is 6.61 Å². The normalized spacial score (nSPS) is 14.6. The molecule has 1 saturated carbocycles. The largest absolute Gasteiger partial charge is 0.396 e. The van der Waals surface area contributed by atoms with Crippen molar-refractivity contribution in [3.05, 3.63) is 54.4 Å². The summed E-state index contributed by atoms with van der Waals surface area (Å²) in [6.07, 6.45) is 9.27. The van der Waals surface area contributed by atoms with E-state index in [1.165, 1.54) is 12.8 Å². The summed E-state index contributed by atoms with van der Waals surface area (Å²) < 4.78 is 0. The van der Waals surface area contributed by atoms with E-state index < -0.39 is 0 Å². The van der Waals surface area contributed by atoms with E-state index in [2.05, 4.69) is 28.3 Å². The number of pyridine rings is 1. The SMILES string of the molecule is C(=N\OCCC1CC1)/c1cccc(-c2cccnc2)c1. The van der Waals surface area contributed by atoms with Crippen LogP contribution in [-0.4, -0.2) is 17.8 Å². The second-order valence-electron chi connectivity index (χ2n) is 5.17. The van der Waals surface area contributed by atoms with Gasteiger partial charge in [-0.3, -0.25) is 4.98 Å². The molecule has 102 valence electrons. The van der Waals surface area contributed by atoms with E-state index >= 15 is 0 Å². The Bertz CT molecular complexity index is 577. The molecule has 0 spiro atoms. The van der Waals surface area contributed by atoms with Gasteiger partial charge in [-0.1, -0.05) is 42.3 Å². The minimum atomic E-state index is 0.726. The van der Waals surface area contributed by atoms with Crippen molar-refractivity contribution >= 4 is 6.21 Å². The van der Waals surface area contributed by atoms with Crippen LogP contribution in [0.1, 0.15) is 24.8 Å². The molecule has 20 heavy (non-hydrogen) atoms. The quantitative estimate of drug-likeness (QED) is 0.451. The van der Waals surface area contributed by atoms with E-state index in [9.17, 15) is 0 Å². The van der Waals surface area contributed by atoms with E-state index in [0.717, 1.165) is 35.6 Å². The number of hydrogen-bond donors (Lipinski definition) is 0. The van der Waals surface area contributed by atoms with E-state index in [4.69, 9.17) is 4.84 Å². The maximum atomic E-state index is 5.29. The van der Waals surface area contributed by atoms with Gasteiger partial charge in [0, 0.05) is 18.0 Å². The Labute approximate surface area is 119 Å². The Hall–Kier alpha value is -2.16. The van der Waals surface area contributed by atoms with Crippen LogP contribution in [-0.2, 0) is 4.84 Å². The zero-order chi connectivity index (χ0) is 13.6. The van der Waals surface area contributed by atoms with Gasteiger partial charge in [-0.25, -0.2) is 0 Å². The number of aromatic nitrogens is 1. The first-order chi connectivity index (χ1) is 9.92. The second kappa shape index (κ2) is 6.33. The van der Waals surface area contributed by atoms with E-state index in [1.54, 1.807) is 12.4 Å². The third-order valence-electron chi connectivity index (χ3n) is 3.47. The first-order valence-corrected chi connectivity index (χ1v) is 7.07. The van der Waals surface area contributed by atoms with Crippen molar-refractivity contribution in [1.29, 1.82) is 0 Å². The molecule has 3 heteroatoms. The van der Waals surface area contributed by atoms with Crippen molar-refractivity contribution < 1.29 is 4.84 Å². The molecule has 1 aromatic heterocycles. The molecule has 0 N–H and O–H groups in total. The molecule has 1 aromatic carbocycles. The summed E-state index contributed by atoms with van der Waals surface area (Å²) in [7, 11) is 0. The molecular weight excluding hydrogens is 248 g/mol. The molecule has 3 nitrogen and oxygen atoms in total. The van der Waals surface area contributed by atoms with Gasteiger partial charge in [-0.2, -0.15) is 0 Å². The summed E-state index contributed by atoms with van der Waals surface area (Å²) in [6, 6.07) is 12.2. The van der Waals surface area contributed by atoms with E-state index in [0.29, 0.717) is 0 Å². The molecule has 0 atom stereocenters. The maximum Gasteiger partial charge on any atom is 0.117 e. The van der Waals surface area contributed by atoms with E-state index in [1.807, 2.05) is 24.4 Å². The molecule has 2 aromatic rings. The Morgan fingerprint density at radius 3 is 2.90 bits per heavy atom. The van der Waals surface area contributed by atoms with Gasteiger partial charge in [0.25, 0.3) is 0 Å². The summed E-state index contributed by atoms with van der Waals surface area (Å²) in [4.78, 5) is 9.43. The fourth-order valence-corrected chi connectivity index (χ4v) is 2.11. The molecule has 1 heterocycles. The fourth-order valence-electron chi connectivity index (χ4n) is 2.11. The standard InChI is InChI=1S/C17H18N2O/c1-3-15(12-19-20-10-8-14-6-7-14)11-16(4-1)17-5-2-9-18-13-17/h1-5,9,11-14H,6-8,10H2/b19-12+. The highest BCUT2D eigenvalue weighted by Gasteiger charge is 2.20. The zero-order valence-electron chi connectivity index (χ0n) is 11.4. The summed E-state index contributed by atoms with van der Waals surface area (Å²) in [5.41, 5.74) is 3.29. The molecule has 0 bridgehead atoms. The van der Waals surface area contributed by atoms with Crippen LogP contribution in [0.5, 0.6) is 0 Å². The van der Waals surface area contributed by atoms with E-state index in [-0.39, 0.29) is 0 Å². The number of benzene rings is 1. The topological polar surface area (TPSA) is 34.5 Å². The average Bonchev–Trinajstić information content (AvgIpc) is 3.32. The highest BCUT2D eigenvalue weighted by Crippen LogP contribution is 2.32. The first-order valence-electron chi connectivity index (χ1n) is 7.07. The van der Waals surface area contributed by atoms with Crippen molar-refractivity contribution in [3.63, 3.8) is 0 Å². The second-order valence-corrected chi connectivity index (χ2v) is 5.17.